The molecule has 0 aromatic heterocycles. The fraction of sp³-hybridized carbons (Fsp3) is 0.176. The topological polar surface area (TPSA) is 76.7 Å². The van der Waals surface area contributed by atoms with Gasteiger partial charge >= 0.3 is 0 Å². The molecule has 24 heavy (non-hydrogen) atoms. The van der Waals surface area contributed by atoms with E-state index in [2.05, 4.69) is 10.6 Å². The fourth-order valence-corrected chi connectivity index (χ4v) is 2.18. The lowest BCUT2D eigenvalue weighted by molar-refractivity contribution is -0.114. The summed E-state index contributed by atoms with van der Waals surface area (Å²) in [4.78, 5) is 23.9. The van der Waals surface area contributed by atoms with Crippen LogP contribution in [0.5, 0.6) is 11.5 Å². The standard InChI is InChI=1S/C17H17FN2O4/c1-10(21)19-12-8-7-11(18)9-13(12)20-17(22)16-14(23-2)5-4-6-15(16)24-3/h4-9H,1-3H3,(H,19,21)(H,20,22). The molecule has 0 heterocycles. The van der Waals surface area contributed by atoms with Crippen LogP contribution in [0.4, 0.5) is 15.8 Å². The zero-order valence-electron chi connectivity index (χ0n) is 13.5. The third-order valence-corrected chi connectivity index (χ3v) is 3.20. The summed E-state index contributed by atoms with van der Waals surface area (Å²) in [5.41, 5.74) is 0.579. The molecule has 0 radical (unpaired) electrons. The van der Waals surface area contributed by atoms with Gasteiger partial charge in [-0.1, -0.05) is 6.07 Å². The Hall–Kier alpha value is -3.09. The highest BCUT2D eigenvalue weighted by Crippen LogP contribution is 2.30. The summed E-state index contributed by atoms with van der Waals surface area (Å²) in [6, 6.07) is 8.57. The van der Waals surface area contributed by atoms with Gasteiger partial charge in [0.05, 0.1) is 25.6 Å². The van der Waals surface area contributed by atoms with Gasteiger partial charge in [0.25, 0.3) is 5.91 Å². The van der Waals surface area contributed by atoms with Crippen LogP contribution in [0.25, 0.3) is 0 Å². The van der Waals surface area contributed by atoms with Crippen LogP contribution in [0.1, 0.15) is 17.3 Å². The Labute approximate surface area is 138 Å². The van der Waals surface area contributed by atoms with E-state index in [9.17, 15) is 14.0 Å². The van der Waals surface area contributed by atoms with Gasteiger partial charge in [-0.15, -0.1) is 0 Å². The molecule has 2 aromatic rings. The maximum atomic E-state index is 13.5. The first-order valence-corrected chi connectivity index (χ1v) is 7.05. The van der Waals surface area contributed by atoms with Crippen molar-refractivity contribution < 1.29 is 23.5 Å². The molecule has 0 saturated carbocycles. The third-order valence-electron chi connectivity index (χ3n) is 3.20. The van der Waals surface area contributed by atoms with Gasteiger partial charge in [0.15, 0.2) is 0 Å². The Bertz CT molecular complexity index is 755. The van der Waals surface area contributed by atoms with E-state index >= 15 is 0 Å². The molecule has 2 rings (SSSR count). The number of carbonyl (C=O) groups is 2. The van der Waals surface area contributed by atoms with Crippen LogP contribution in [0.3, 0.4) is 0 Å². The molecule has 0 spiro atoms. The average Bonchev–Trinajstić information content (AvgIpc) is 2.56. The zero-order valence-corrected chi connectivity index (χ0v) is 13.5. The molecule has 0 atom stereocenters. The van der Waals surface area contributed by atoms with Crippen LogP contribution in [0, 0.1) is 5.82 Å². The van der Waals surface area contributed by atoms with Crippen molar-refractivity contribution in [1.29, 1.82) is 0 Å². The van der Waals surface area contributed by atoms with E-state index in [1.165, 1.54) is 33.3 Å². The Balaban J connectivity index is 2.40. The molecule has 0 aliphatic heterocycles. The summed E-state index contributed by atoms with van der Waals surface area (Å²) in [7, 11) is 2.85. The molecular weight excluding hydrogens is 315 g/mol. The van der Waals surface area contributed by atoms with E-state index in [4.69, 9.17) is 9.47 Å². The number of halogens is 1. The number of hydrogen-bond donors (Lipinski definition) is 2. The van der Waals surface area contributed by atoms with Crippen molar-refractivity contribution >= 4 is 23.2 Å². The van der Waals surface area contributed by atoms with E-state index < -0.39 is 11.7 Å². The van der Waals surface area contributed by atoms with Crippen LogP contribution >= 0.6 is 0 Å². The maximum absolute atomic E-state index is 13.5. The minimum atomic E-state index is -0.554. The van der Waals surface area contributed by atoms with Gasteiger partial charge in [-0.2, -0.15) is 0 Å². The molecular formula is C17H17FN2O4. The quantitative estimate of drug-likeness (QED) is 0.882. The van der Waals surface area contributed by atoms with Crippen LogP contribution < -0.4 is 20.1 Å². The van der Waals surface area contributed by atoms with E-state index in [0.717, 1.165) is 6.07 Å². The summed E-state index contributed by atoms with van der Waals surface area (Å²) >= 11 is 0. The predicted molar refractivity (Wildman–Crippen MR) is 88.2 cm³/mol. The van der Waals surface area contributed by atoms with E-state index in [-0.39, 0.29) is 22.8 Å². The molecule has 0 aliphatic carbocycles. The lowest BCUT2D eigenvalue weighted by Gasteiger charge is -2.15. The largest absolute Gasteiger partial charge is 0.496 e. The van der Waals surface area contributed by atoms with Crippen molar-refractivity contribution in [2.24, 2.45) is 0 Å². The van der Waals surface area contributed by atoms with Crippen molar-refractivity contribution in [3.05, 3.63) is 47.8 Å². The molecule has 2 N–H and O–H groups in total. The van der Waals surface area contributed by atoms with E-state index in [0.29, 0.717) is 11.5 Å². The molecule has 0 fully saturated rings. The minimum absolute atomic E-state index is 0.128. The number of carbonyl (C=O) groups excluding carboxylic acids is 2. The summed E-state index contributed by atoms with van der Waals surface area (Å²) in [6.45, 7) is 1.32. The van der Waals surface area contributed by atoms with Gasteiger partial charge in [0.1, 0.15) is 22.9 Å². The van der Waals surface area contributed by atoms with Gasteiger partial charge in [-0.05, 0) is 30.3 Å². The second kappa shape index (κ2) is 7.45. The molecule has 6 nitrogen and oxygen atoms in total. The first-order valence-electron chi connectivity index (χ1n) is 7.05. The van der Waals surface area contributed by atoms with Crippen molar-refractivity contribution in [3.8, 4) is 11.5 Å². The first kappa shape index (κ1) is 17.3. The normalized spacial score (nSPS) is 10.0. The number of rotatable bonds is 5. The Morgan fingerprint density at radius 2 is 1.58 bits per heavy atom. The highest BCUT2D eigenvalue weighted by molar-refractivity contribution is 6.10. The molecule has 7 heteroatoms. The van der Waals surface area contributed by atoms with Gasteiger partial charge in [0, 0.05) is 6.92 Å². The minimum Gasteiger partial charge on any atom is -0.496 e. The van der Waals surface area contributed by atoms with Crippen molar-refractivity contribution in [2.45, 2.75) is 6.92 Å². The first-order chi connectivity index (χ1) is 11.5. The van der Waals surface area contributed by atoms with Gasteiger partial charge < -0.3 is 20.1 Å². The van der Waals surface area contributed by atoms with E-state index in [1.54, 1.807) is 18.2 Å². The number of amides is 2. The molecule has 126 valence electrons. The molecule has 0 saturated heterocycles. The molecule has 0 unspecified atom stereocenters. The van der Waals surface area contributed by atoms with Crippen LogP contribution in [-0.4, -0.2) is 26.0 Å². The van der Waals surface area contributed by atoms with Gasteiger partial charge in [0.2, 0.25) is 5.91 Å². The van der Waals surface area contributed by atoms with Gasteiger partial charge in [-0.25, -0.2) is 4.39 Å². The van der Waals surface area contributed by atoms with Crippen molar-refractivity contribution in [3.63, 3.8) is 0 Å². The Kier molecular flexibility index (Phi) is 5.36. The molecule has 0 aliphatic rings. The number of methoxy groups -OCH3 is 2. The zero-order chi connectivity index (χ0) is 17.7. The Morgan fingerprint density at radius 1 is 0.958 bits per heavy atom. The monoisotopic (exact) mass is 332 g/mol. The lowest BCUT2D eigenvalue weighted by Crippen LogP contribution is -2.17. The summed E-state index contributed by atoms with van der Waals surface area (Å²) in [5, 5.41) is 5.10. The average molecular weight is 332 g/mol. The van der Waals surface area contributed by atoms with Crippen LogP contribution in [0.2, 0.25) is 0 Å². The predicted octanol–water partition coefficient (Wildman–Crippen LogP) is 3.05. The second-order valence-electron chi connectivity index (χ2n) is 4.86. The summed E-state index contributed by atoms with van der Waals surface area (Å²) in [6.07, 6.45) is 0. The van der Waals surface area contributed by atoms with Crippen LogP contribution in [-0.2, 0) is 4.79 Å². The SMILES string of the molecule is COc1cccc(OC)c1C(=O)Nc1cc(F)ccc1NC(C)=O. The van der Waals surface area contributed by atoms with Crippen LogP contribution in [0.15, 0.2) is 36.4 Å². The third kappa shape index (κ3) is 3.81. The smallest absolute Gasteiger partial charge is 0.263 e. The number of ether oxygens (including phenoxy) is 2. The maximum Gasteiger partial charge on any atom is 0.263 e. The van der Waals surface area contributed by atoms with Crippen molar-refractivity contribution in [2.75, 3.05) is 24.9 Å². The van der Waals surface area contributed by atoms with E-state index in [1.807, 2.05) is 0 Å². The Morgan fingerprint density at radius 3 is 2.12 bits per heavy atom. The van der Waals surface area contributed by atoms with Gasteiger partial charge in [-0.3, -0.25) is 9.59 Å². The molecule has 2 aromatic carbocycles. The van der Waals surface area contributed by atoms with Crippen molar-refractivity contribution in [1.82, 2.24) is 0 Å². The molecule has 2 amide bonds. The lowest BCUT2D eigenvalue weighted by atomic mass is 10.1. The number of hydrogen-bond acceptors (Lipinski definition) is 4. The second-order valence-corrected chi connectivity index (χ2v) is 4.86. The molecule has 0 bridgehead atoms. The summed E-state index contributed by atoms with van der Waals surface area (Å²) < 4.78 is 23.9. The summed E-state index contributed by atoms with van der Waals surface area (Å²) in [5.74, 6) is -0.825. The number of nitrogens with one attached hydrogen (secondary N) is 2. The fourth-order valence-electron chi connectivity index (χ4n) is 2.18. The highest BCUT2D eigenvalue weighted by atomic mass is 19.1. The number of anilines is 2. The highest BCUT2D eigenvalue weighted by Gasteiger charge is 2.19. The number of benzene rings is 2.